The SMILES string of the molecule is CCN(c1cccc(OC)c1C(C)=O)C1CCCC1. The predicted molar refractivity (Wildman–Crippen MR) is 78.3 cm³/mol. The summed E-state index contributed by atoms with van der Waals surface area (Å²) in [5.41, 5.74) is 1.75. The molecule has 1 aromatic rings. The summed E-state index contributed by atoms with van der Waals surface area (Å²) in [6, 6.07) is 6.44. The number of methoxy groups -OCH3 is 1. The van der Waals surface area contributed by atoms with Gasteiger partial charge in [0.1, 0.15) is 5.75 Å². The molecule has 19 heavy (non-hydrogen) atoms. The normalized spacial score (nSPS) is 15.5. The molecule has 1 fully saturated rings. The molecule has 0 heterocycles. The highest BCUT2D eigenvalue weighted by Gasteiger charge is 2.25. The van der Waals surface area contributed by atoms with E-state index < -0.39 is 0 Å². The Morgan fingerprint density at radius 3 is 2.58 bits per heavy atom. The number of ether oxygens (including phenoxy) is 1. The van der Waals surface area contributed by atoms with E-state index in [0.29, 0.717) is 11.8 Å². The van der Waals surface area contributed by atoms with Crippen LogP contribution in [0.4, 0.5) is 5.69 Å². The molecule has 0 N–H and O–H groups in total. The second kappa shape index (κ2) is 6.09. The first-order valence-corrected chi connectivity index (χ1v) is 7.13. The Balaban J connectivity index is 2.43. The average Bonchev–Trinajstić information content (AvgIpc) is 2.93. The zero-order valence-corrected chi connectivity index (χ0v) is 12.1. The molecule has 0 aromatic heterocycles. The van der Waals surface area contributed by atoms with E-state index >= 15 is 0 Å². The predicted octanol–water partition coefficient (Wildman–Crippen LogP) is 3.67. The maximum absolute atomic E-state index is 12.0. The van der Waals surface area contributed by atoms with Crippen molar-refractivity contribution in [2.75, 3.05) is 18.6 Å². The molecule has 1 saturated carbocycles. The highest BCUT2D eigenvalue weighted by atomic mass is 16.5. The van der Waals surface area contributed by atoms with Gasteiger partial charge >= 0.3 is 0 Å². The number of hydrogen-bond acceptors (Lipinski definition) is 3. The fraction of sp³-hybridized carbons (Fsp3) is 0.562. The molecule has 0 unspecified atom stereocenters. The van der Waals surface area contributed by atoms with Crippen LogP contribution in [0.15, 0.2) is 18.2 Å². The van der Waals surface area contributed by atoms with Gasteiger partial charge in [0.15, 0.2) is 5.78 Å². The van der Waals surface area contributed by atoms with E-state index in [4.69, 9.17) is 4.74 Å². The fourth-order valence-corrected chi connectivity index (χ4v) is 3.12. The van der Waals surface area contributed by atoms with Crippen molar-refractivity contribution in [3.05, 3.63) is 23.8 Å². The molecule has 104 valence electrons. The minimum Gasteiger partial charge on any atom is -0.496 e. The zero-order valence-electron chi connectivity index (χ0n) is 12.1. The first-order chi connectivity index (χ1) is 9.19. The average molecular weight is 261 g/mol. The number of anilines is 1. The molecule has 3 nitrogen and oxygen atoms in total. The number of carbonyl (C=O) groups is 1. The van der Waals surface area contributed by atoms with E-state index in [1.54, 1.807) is 14.0 Å². The van der Waals surface area contributed by atoms with Crippen LogP contribution in [0.25, 0.3) is 0 Å². The molecule has 0 spiro atoms. The van der Waals surface area contributed by atoms with Crippen molar-refractivity contribution in [3.8, 4) is 5.75 Å². The number of hydrogen-bond donors (Lipinski definition) is 0. The molecule has 0 amide bonds. The largest absolute Gasteiger partial charge is 0.496 e. The quantitative estimate of drug-likeness (QED) is 0.757. The Kier molecular flexibility index (Phi) is 4.46. The molecular weight excluding hydrogens is 238 g/mol. The third-order valence-corrected chi connectivity index (χ3v) is 3.99. The van der Waals surface area contributed by atoms with Gasteiger partial charge in [-0.05, 0) is 38.8 Å². The lowest BCUT2D eigenvalue weighted by molar-refractivity contribution is 0.101. The second-order valence-corrected chi connectivity index (χ2v) is 5.13. The van der Waals surface area contributed by atoms with Crippen LogP contribution in [0.5, 0.6) is 5.75 Å². The number of carbonyl (C=O) groups excluding carboxylic acids is 1. The smallest absolute Gasteiger partial charge is 0.165 e. The summed E-state index contributed by atoms with van der Waals surface area (Å²) in [5.74, 6) is 0.755. The molecule has 1 aliphatic carbocycles. The van der Waals surface area contributed by atoms with Crippen molar-refractivity contribution in [3.63, 3.8) is 0 Å². The van der Waals surface area contributed by atoms with E-state index in [1.807, 2.05) is 18.2 Å². The van der Waals surface area contributed by atoms with Gasteiger partial charge < -0.3 is 9.64 Å². The number of rotatable bonds is 5. The molecule has 1 aromatic carbocycles. The van der Waals surface area contributed by atoms with Crippen molar-refractivity contribution in [1.82, 2.24) is 0 Å². The van der Waals surface area contributed by atoms with Crippen molar-refractivity contribution in [2.24, 2.45) is 0 Å². The van der Waals surface area contributed by atoms with Crippen LogP contribution in [0.3, 0.4) is 0 Å². The van der Waals surface area contributed by atoms with E-state index in [9.17, 15) is 4.79 Å². The molecule has 0 atom stereocenters. The molecule has 3 heteroatoms. The summed E-state index contributed by atoms with van der Waals surface area (Å²) >= 11 is 0. The molecule has 1 aliphatic rings. The minimum atomic E-state index is 0.0731. The third-order valence-electron chi connectivity index (χ3n) is 3.99. The van der Waals surface area contributed by atoms with Gasteiger partial charge in [-0.15, -0.1) is 0 Å². The van der Waals surface area contributed by atoms with Gasteiger partial charge in [-0.2, -0.15) is 0 Å². The van der Waals surface area contributed by atoms with Crippen LogP contribution in [0.2, 0.25) is 0 Å². The van der Waals surface area contributed by atoms with Gasteiger partial charge in [0.2, 0.25) is 0 Å². The molecule has 0 saturated heterocycles. The van der Waals surface area contributed by atoms with Crippen molar-refractivity contribution in [1.29, 1.82) is 0 Å². The van der Waals surface area contributed by atoms with E-state index in [0.717, 1.165) is 17.8 Å². The molecule has 0 radical (unpaired) electrons. The van der Waals surface area contributed by atoms with Crippen LogP contribution in [0, 0.1) is 0 Å². The number of benzene rings is 1. The first kappa shape index (κ1) is 13.9. The standard InChI is InChI=1S/C16H23NO2/c1-4-17(13-8-5-6-9-13)14-10-7-11-15(19-3)16(14)12(2)18/h7,10-11,13H,4-6,8-9H2,1-3H3. The fourth-order valence-electron chi connectivity index (χ4n) is 3.12. The molecule has 0 bridgehead atoms. The van der Waals surface area contributed by atoms with E-state index in [-0.39, 0.29) is 5.78 Å². The zero-order chi connectivity index (χ0) is 13.8. The highest BCUT2D eigenvalue weighted by Crippen LogP contribution is 2.34. The van der Waals surface area contributed by atoms with Crippen LogP contribution in [-0.2, 0) is 0 Å². The molecular formula is C16H23NO2. The van der Waals surface area contributed by atoms with Crippen molar-refractivity contribution in [2.45, 2.75) is 45.6 Å². The van der Waals surface area contributed by atoms with Gasteiger partial charge in [0, 0.05) is 12.6 Å². The van der Waals surface area contributed by atoms with Gasteiger partial charge in [-0.3, -0.25) is 4.79 Å². The monoisotopic (exact) mass is 261 g/mol. The second-order valence-electron chi connectivity index (χ2n) is 5.13. The van der Waals surface area contributed by atoms with E-state index in [2.05, 4.69) is 11.8 Å². The van der Waals surface area contributed by atoms with Crippen molar-refractivity contribution >= 4 is 11.5 Å². The lowest BCUT2D eigenvalue weighted by Crippen LogP contribution is -2.34. The number of nitrogens with zero attached hydrogens (tertiary/aromatic N) is 1. The summed E-state index contributed by atoms with van der Waals surface area (Å²) in [6.45, 7) is 4.70. The maximum atomic E-state index is 12.0. The highest BCUT2D eigenvalue weighted by molar-refractivity contribution is 6.02. The Hall–Kier alpha value is -1.51. The molecule has 2 rings (SSSR count). The number of ketones is 1. The Labute approximate surface area is 115 Å². The van der Waals surface area contributed by atoms with E-state index in [1.165, 1.54) is 25.7 Å². The topological polar surface area (TPSA) is 29.5 Å². The summed E-state index contributed by atoms with van der Waals surface area (Å²) < 4.78 is 5.36. The first-order valence-electron chi connectivity index (χ1n) is 7.13. The summed E-state index contributed by atoms with van der Waals surface area (Å²) in [7, 11) is 1.62. The molecule has 0 aliphatic heterocycles. The van der Waals surface area contributed by atoms with Crippen molar-refractivity contribution < 1.29 is 9.53 Å². The van der Waals surface area contributed by atoms with Gasteiger partial charge in [-0.1, -0.05) is 18.9 Å². The van der Waals surface area contributed by atoms with Crippen LogP contribution in [0.1, 0.15) is 49.9 Å². The summed E-state index contributed by atoms with van der Waals surface area (Å²) in [6.07, 6.45) is 5.03. The third kappa shape index (κ3) is 2.75. The van der Waals surface area contributed by atoms with Gasteiger partial charge in [0.25, 0.3) is 0 Å². The summed E-state index contributed by atoms with van der Waals surface area (Å²) in [5, 5.41) is 0. The number of Topliss-reactive ketones (excluding diaryl/α,β-unsaturated/α-hetero) is 1. The maximum Gasteiger partial charge on any atom is 0.165 e. The lowest BCUT2D eigenvalue weighted by atomic mass is 10.0. The van der Waals surface area contributed by atoms with Crippen LogP contribution < -0.4 is 9.64 Å². The Morgan fingerprint density at radius 2 is 2.05 bits per heavy atom. The van der Waals surface area contributed by atoms with Crippen LogP contribution >= 0.6 is 0 Å². The Morgan fingerprint density at radius 1 is 1.37 bits per heavy atom. The lowest BCUT2D eigenvalue weighted by Gasteiger charge is -2.31. The van der Waals surface area contributed by atoms with Gasteiger partial charge in [0.05, 0.1) is 18.4 Å². The minimum absolute atomic E-state index is 0.0731. The summed E-state index contributed by atoms with van der Waals surface area (Å²) in [4.78, 5) is 14.3. The Bertz CT molecular complexity index is 450. The van der Waals surface area contributed by atoms with Gasteiger partial charge in [-0.25, -0.2) is 0 Å². The van der Waals surface area contributed by atoms with Crippen LogP contribution in [-0.4, -0.2) is 25.5 Å².